The molecule has 0 bridgehead atoms. The predicted molar refractivity (Wildman–Crippen MR) is 85.4 cm³/mol. The zero-order valence-electron chi connectivity index (χ0n) is 12.0. The lowest BCUT2D eigenvalue weighted by Crippen LogP contribution is -1.99. The number of hydrogen-bond acceptors (Lipinski definition) is 3. The van der Waals surface area contributed by atoms with Gasteiger partial charge >= 0.3 is 0 Å². The van der Waals surface area contributed by atoms with Crippen molar-refractivity contribution in [2.75, 3.05) is 0 Å². The third-order valence-electron chi connectivity index (χ3n) is 3.21. The molecule has 0 aliphatic carbocycles. The molecule has 0 radical (unpaired) electrons. The average Bonchev–Trinajstić information content (AvgIpc) is 3.02. The first-order chi connectivity index (χ1) is 10.8. The highest BCUT2D eigenvalue weighted by Crippen LogP contribution is 2.05. The van der Waals surface area contributed by atoms with Crippen LogP contribution in [0.5, 0.6) is 0 Å². The topological polar surface area (TPSA) is 47.8 Å². The van der Waals surface area contributed by atoms with Gasteiger partial charge in [-0.05, 0) is 17.7 Å². The Morgan fingerprint density at radius 3 is 2.41 bits per heavy atom. The molecule has 22 heavy (non-hydrogen) atoms. The van der Waals surface area contributed by atoms with E-state index in [1.54, 1.807) is 22.9 Å². The van der Waals surface area contributed by atoms with E-state index in [1.165, 1.54) is 6.08 Å². The van der Waals surface area contributed by atoms with E-state index in [4.69, 9.17) is 0 Å². The van der Waals surface area contributed by atoms with Crippen molar-refractivity contribution in [1.82, 2.24) is 15.0 Å². The minimum atomic E-state index is -0.0433. The van der Waals surface area contributed by atoms with Crippen molar-refractivity contribution < 1.29 is 4.79 Å². The normalized spacial score (nSPS) is 10.9. The van der Waals surface area contributed by atoms with Gasteiger partial charge in [-0.2, -0.15) is 0 Å². The van der Waals surface area contributed by atoms with Gasteiger partial charge in [0.15, 0.2) is 5.78 Å². The summed E-state index contributed by atoms with van der Waals surface area (Å²) >= 11 is 0. The molecule has 0 atom stereocenters. The lowest BCUT2D eigenvalue weighted by atomic mass is 10.1. The minimum Gasteiger partial charge on any atom is -0.289 e. The van der Waals surface area contributed by atoms with Gasteiger partial charge in [0.05, 0.1) is 12.7 Å². The third-order valence-corrected chi connectivity index (χ3v) is 3.21. The maximum atomic E-state index is 12.0. The Kier molecular flexibility index (Phi) is 4.20. The van der Waals surface area contributed by atoms with E-state index in [0.29, 0.717) is 17.8 Å². The van der Waals surface area contributed by atoms with Crippen LogP contribution in [0.25, 0.3) is 6.08 Å². The van der Waals surface area contributed by atoms with Crippen molar-refractivity contribution >= 4 is 11.9 Å². The Morgan fingerprint density at radius 1 is 1.00 bits per heavy atom. The van der Waals surface area contributed by atoms with E-state index < -0.39 is 0 Å². The molecule has 1 aromatic heterocycles. The standard InChI is InChI=1S/C18H15N3O/c22-18(16-9-5-2-6-10-16)12-11-17-14-21(20-19-17)13-15-7-3-1-4-8-15/h1-12,14H,13H2. The Balaban J connectivity index is 1.67. The molecule has 4 heteroatoms. The van der Waals surface area contributed by atoms with Gasteiger partial charge in [-0.3, -0.25) is 4.79 Å². The van der Waals surface area contributed by atoms with Crippen molar-refractivity contribution in [2.24, 2.45) is 0 Å². The number of benzene rings is 2. The van der Waals surface area contributed by atoms with Crippen molar-refractivity contribution in [3.63, 3.8) is 0 Å². The quantitative estimate of drug-likeness (QED) is 0.535. The molecule has 0 spiro atoms. The van der Waals surface area contributed by atoms with Gasteiger partial charge in [0.2, 0.25) is 0 Å². The molecule has 0 aliphatic heterocycles. The van der Waals surface area contributed by atoms with E-state index in [9.17, 15) is 4.79 Å². The van der Waals surface area contributed by atoms with Crippen LogP contribution in [0.15, 0.2) is 72.9 Å². The molecular formula is C18H15N3O. The van der Waals surface area contributed by atoms with Crippen LogP contribution < -0.4 is 0 Å². The van der Waals surface area contributed by atoms with Crippen molar-refractivity contribution in [1.29, 1.82) is 0 Å². The fourth-order valence-electron chi connectivity index (χ4n) is 2.10. The first-order valence-corrected chi connectivity index (χ1v) is 7.03. The summed E-state index contributed by atoms with van der Waals surface area (Å²) in [6, 6.07) is 19.2. The van der Waals surface area contributed by atoms with Gasteiger partial charge in [-0.1, -0.05) is 65.9 Å². The second-order valence-electron chi connectivity index (χ2n) is 4.89. The Hall–Kier alpha value is -3.01. The summed E-state index contributed by atoms with van der Waals surface area (Å²) in [6.45, 7) is 0.661. The number of carbonyl (C=O) groups excluding carboxylic acids is 1. The van der Waals surface area contributed by atoms with Crippen LogP contribution in [-0.2, 0) is 6.54 Å². The Bertz CT molecular complexity index is 776. The molecule has 0 N–H and O–H groups in total. The lowest BCUT2D eigenvalue weighted by molar-refractivity contribution is 0.104. The number of carbonyl (C=O) groups is 1. The zero-order chi connectivity index (χ0) is 15.2. The molecular weight excluding hydrogens is 274 g/mol. The summed E-state index contributed by atoms with van der Waals surface area (Å²) in [5.74, 6) is -0.0433. The van der Waals surface area contributed by atoms with Gasteiger partial charge in [-0.25, -0.2) is 4.68 Å². The van der Waals surface area contributed by atoms with Gasteiger partial charge in [0, 0.05) is 5.56 Å². The number of aromatic nitrogens is 3. The van der Waals surface area contributed by atoms with Crippen LogP contribution in [0.2, 0.25) is 0 Å². The predicted octanol–water partition coefficient (Wildman–Crippen LogP) is 3.22. The summed E-state index contributed by atoms with van der Waals surface area (Å²) in [7, 11) is 0. The number of nitrogens with zero attached hydrogens (tertiary/aromatic N) is 3. The number of ketones is 1. The van der Waals surface area contributed by atoms with Crippen LogP contribution in [0.4, 0.5) is 0 Å². The maximum Gasteiger partial charge on any atom is 0.185 e. The fraction of sp³-hybridized carbons (Fsp3) is 0.0556. The molecule has 0 saturated heterocycles. The number of allylic oxidation sites excluding steroid dienone is 1. The monoisotopic (exact) mass is 289 g/mol. The van der Waals surface area contributed by atoms with E-state index in [-0.39, 0.29) is 5.78 Å². The highest BCUT2D eigenvalue weighted by atomic mass is 16.1. The lowest BCUT2D eigenvalue weighted by Gasteiger charge is -1.98. The molecule has 0 amide bonds. The second kappa shape index (κ2) is 6.63. The highest BCUT2D eigenvalue weighted by Gasteiger charge is 2.02. The number of rotatable bonds is 5. The van der Waals surface area contributed by atoms with E-state index in [2.05, 4.69) is 10.3 Å². The summed E-state index contributed by atoms with van der Waals surface area (Å²) in [5.41, 5.74) is 2.49. The van der Waals surface area contributed by atoms with Gasteiger partial charge < -0.3 is 0 Å². The molecule has 2 aromatic carbocycles. The van der Waals surface area contributed by atoms with Gasteiger partial charge in [0.25, 0.3) is 0 Å². The van der Waals surface area contributed by atoms with E-state index in [1.807, 2.05) is 54.7 Å². The van der Waals surface area contributed by atoms with Crippen molar-refractivity contribution in [2.45, 2.75) is 6.54 Å². The van der Waals surface area contributed by atoms with E-state index >= 15 is 0 Å². The molecule has 108 valence electrons. The largest absolute Gasteiger partial charge is 0.289 e. The molecule has 3 rings (SSSR count). The zero-order valence-corrected chi connectivity index (χ0v) is 12.0. The van der Waals surface area contributed by atoms with E-state index in [0.717, 1.165) is 5.56 Å². The Labute approximate surface area is 128 Å². The summed E-state index contributed by atoms with van der Waals surface area (Å²) < 4.78 is 1.75. The minimum absolute atomic E-state index is 0.0433. The first kappa shape index (κ1) is 13.9. The van der Waals surface area contributed by atoms with Crippen LogP contribution in [-0.4, -0.2) is 20.8 Å². The van der Waals surface area contributed by atoms with Gasteiger partial charge in [0.1, 0.15) is 5.69 Å². The van der Waals surface area contributed by atoms with Gasteiger partial charge in [-0.15, -0.1) is 5.10 Å². The van der Waals surface area contributed by atoms with Crippen molar-refractivity contribution in [3.05, 3.63) is 89.8 Å². The van der Waals surface area contributed by atoms with Crippen LogP contribution in [0.1, 0.15) is 21.6 Å². The summed E-state index contributed by atoms with van der Waals surface area (Å²) in [6.07, 6.45) is 5.03. The summed E-state index contributed by atoms with van der Waals surface area (Å²) in [4.78, 5) is 12.0. The number of hydrogen-bond donors (Lipinski definition) is 0. The molecule has 0 saturated carbocycles. The van der Waals surface area contributed by atoms with Crippen LogP contribution in [0, 0.1) is 0 Å². The smallest absolute Gasteiger partial charge is 0.185 e. The maximum absolute atomic E-state index is 12.0. The second-order valence-corrected chi connectivity index (χ2v) is 4.89. The molecule has 0 aliphatic rings. The average molecular weight is 289 g/mol. The highest BCUT2D eigenvalue weighted by molar-refractivity contribution is 6.06. The first-order valence-electron chi connectivity index (χ1n) is 7.03. The molecule has 4 nitrogen and oxygen atoms in total. The fourth-order valence-corrected chi connectivity index (χ4v) is 2.10. The summed E-state index contributed by atoms with van der Waals surface area (Å²) in [5, 5.41) is 8.12. The molecule has 3 aromatic rings. The SMILES string of the molecule is O=C(C=Cc1cn(Cc2ccccc2)nn1)c1ccccc1. The molecule has 0 unspecified atom stereocenters. The third kappa shape index (κ3) is 3.55. The van der Waals surface area contributed by atoms with Crippen LogP contribution >= 0.6 is 0 Å². The molecule has 1 heterocycles. The van der Waals surface area contributed by atoms with Crippen LogP contribution in [0.3, 0.4) is 0 Å². The Morgan fingerprint density at radius 2 is 1.68 bits per heavy atom. The molecule has 0 fully saturated rings. The van der Waals surface area contributed by atoms with Crippen molar-refractivity contribution in [3.8, 4) is 0 Å².